The number of aldehydes is 1. The van der Waals surface area contributed by atoms with Crippen molar-refractivity contribution >= 4 is 14.6 Å². The summed E-state index contributed by atoms with van der Waals surface area (Å²) >= 11 is 0. The lowest BCUT2D eigenvalue weighted by molar-refractivity contribution is -0.114. The van der Waals surface area contributed by atoms with Crippen LogP contribution in [0, 0.1) is 11.3 Å². The van der Waals surface area contributed by atoms with Crippen molar-refractivity contribution in [3.63, 3.8) is 0 Å². The van der Waals surface area contributed by atoms with Crippen molar-refractivity contribution in [1.29, 1.82) is 0 Å². The third-order valence-corrected chi connectivity index (χ3v) is 12.2. The average Bonchev–Trinajstić information content (AvgIpc) is 2.76. The molecule has 0 unspecified atom stereocenters. The average molecular weight is 339 g/mol. The predicted octanol–water partition coefficient (Wildman–Crippen LogP) is 6.13. The number of hydrogen-bond acceptors (Lipinski definition) is 2. The molecular weight excluding hydrogens is 300 g/mol. The normalized spacial score (nSPS) is 23.0. The van der Waals surface area contributed by atoms with Crippen LogP contribution in [-0.4, -0.2) is 21.2 Å². The Hall–Kier alpha value is -0.413. The molecule has 0 aliphatic heterocycles. The van der Waals surface area contributed by atoms with Gasteiger partial charge in [0.1, 0.15) is 6.29 Å². The third-order valence-electron chi connectivity index (χ3n) is 6.12. The number of hydrogen-bond donors (Lipinski definition) is 0. The van der Waals surface area contributed by atoms with Gasteiger partial charge in [-0.25, -0.2) is 0 Å². The molecule has 0 saturated carbocycles. The van der Waals surface area contributed by atoms with Gasteiger partial charge in [0.15, 0.2) is 0 Å². The molecule has 0 aromatic carbocycles. The predicted molar refractivity (Wildman–Crippen MR) is 102 cm³/mol. The molecule has 134 valence electrons. The van der Waals surface area contributed by atoms with Gasteiger partial charge in [-0.2, -0.15) is 0 Å². The standard InChI is InChI=1S/C20H38O2Si/c1-14(2)18-10-11-20(9,13-21)19(18)12-22-23(15(3)4,16(5)6)17(7)8/h13-17H,10-12H2,1-9H3/t20-/m1/s1. The second-order valence-electron chi connectivity index (χ2n) is 8.80. The largest absolute Gasteiger partial charge is 0.412 e. The fraction of sp³-hybridized carbons (Fsp3) is 0.850. The van der Waals surface area contributed by atoms with Crippen LogP contribution in [0.25, 0.3) is 0 Å². The first kappa shape index (κ1) is 20.6. The molecule has 0 fully saturated rings. The minimum absolute atomic E-state index is 0.315. The zero-order valence-electron chi connectivity index (χ0n) is 16.8. The van der Waals surface area contributed by atoms with Gasteiger partial charge in [-0.15, -0.1) is 0 Å². The van der Waals surface area contributed by atoms with Gasteiger partial charge < -0.3 is 9.22 Å². The highest BCUT2D eigenvalue weighted by molar-refractivity contribution is 6.77. The smallest absolute Gasteiger partial charge is 0.200 e. The summed E-state index contributed by atoms with van der Waals surface area (Å²) in [6.45, 7) is 21.1. The molecule has 3 heteroatoms. The highest BCUT2D eigenvalue weighted by Gasteiger charge is 2.46. The number of rotatable bonds is 8. The summed E-state index contributed by atoms with van der Waals surface area (Å²) in [6, 6.07) is 0. The molecule has 1 rings (SSSR count). The van der Waals surface area contributed by atoms with E-state index in [4.69, 9.17) is 4.43 Å². The van der Waals surface area contributed by atoms with E-state index in [9.17, 15) is 4.79 Å². The van der Waals surface area contributed by atoms with Crippen molar-refractivity contribution in [2.75, 3.05) is 6.61 Å². The van der Waals surface area contributed by atoms with E-state index in [-0.39, 0.29) is 5.41 Å². The first-order chi connectivity index (χ1) is 10.5. The molecule has 2 nitrogen and oxygen atoms in total. The molecule has 0 N–H and O–H groups in total. The van der Waals surface area contributed by atoms with Crippen LogP contribution in [0.1, 0.15) is 75.2 Å². The molecule has 0 radical (unpaired) electrons. The van der Waals surface area contributed by atoms with E-state index in [1.54, 1.807) is 0 Å². The Labute approximate surface area is 145 Å². The number of carbonyl (C=O) groups is 1. The Morgan fingerprint density at radius 1 is 1.04 bits per heavy atom. The summed E-state index contributed by atoms with van der Waals surface area (Å²) in [5.41, 5.74) is 4.16. The quantitative estimate of drug-likeness (QED) is 0.302. The van der Waals surface area contributed by atoms with Crippen molar-refractivity contribution in [3.05, 3.63) is 11.1 Å². The molecule has 1 aliphatic rings. The van der Waals surface area contributed by atoms with Crippen LogP contribution in [0.5, 0.6) is 0 Å². The van der Waals surface area contributed by atoms with Crippen LogP contribution in [0.3, 0.4) is 0 Å². The van der Waals surface area contributed by atoms with E-state index in [2.05, 4.69) is 62.3 Å². The summed E-state index contributed by atoms with van der Waals surface area (Å²) in [6.07, 6.45) is 3.15. The van der Waals surface area contributed by atoms with Crippen LogP contribution in [0.2, 0.25) is 16.6 Å². The van der Waals surface area contributed by atoms with Gasteiger partial charge in [0, 0.05) is 5.41 Å². The number of carbonyl (C=O) groups excluding carboxylic acids is 1. The molecule has 1 aliphatic carbocycles. The third kappa shape index (κ3) is 3.82. The van der Waals surface area contributed by atoms with E-state index in [1.165, 1.54) is 11.1 Å². The number of allylic oxidation sites excluding steroid dienone is 1. The van der Waals surface area contributed by atoms with E-state index >= 15 is 0 Å². The highest BCUT2D eigenvalue weighted by atomic mass is 28.4. The Morgan fingerprint density at radius 2 is 1.52 bits per heavy atom. The SMILES string of the molecule is CC(C)C1=C(CO[Si](C(C)C)(C(C)C)C(C)C)[C@@](C)(C=O)CC1. The minimum Gasteiger partial charge on any atom is -0.412 e. The van der Waals surface area contributed by atoms with Gasteiger partial charge in [0.25, 0.3) is 0 Å². The zero-order valence-corrected chi connectivity index (χ0v) is 17.8. The summed E-state index contributed by atoms with van der Waals surface area (Å²) < 4.78 is 6.80. The van der Waals surface area contributed by atoms with Crippen LogP contribution in [-0.2, 0) is 9.22 Å². The van der Waals surface area contributed by atoms with E-state index in [1.807, 2.05) is 0 Å². The lowest BCUT2D eigenvalue weighted by atomic mass is 9.84. The van der Waals surface area contributed by atoms with Gasteiger partial charge in [0.05, 0.1) is 6.61 Å². The molecule has 0 amide bonds. The van der Waals surface area contributed by atoms with Crippen molar-refractivity contribution in [1.82, 2.24) is 0 Å². The monoisotopic (exact) mass is 338 g/mol. The van der Waals surface area contributed by atoms with Gasteiger partial charge >= 0.3 is 0 Å². The fourth-order valence-corrected chi connectivity index (χ4v) is 10.2. The van der Waals surface area contributed by atoms with E-state index < -0.39 is 8.32 Å². The van der Waals surface area contributed by atoms with Crippen LogP contribution < -0.4 is 0 Å². The Bertz CT molecular complexity index is 427. The van der Waals surface area contributed by atoms with Gasteiger partial charge in [-0.05, 0) is 47.9 Å². The summed E-state index contributed by atoms with van der Waals surface area (Å²) in [7, 11) is -1.88. The molecule has 0 heterocycles. The molecule has 0 bridgehead atoms. The molecule has 0 aromatic heterocycles. The summed E-state index contributed by atoms with van der Waals surface area (Å²) in [4.78, 5) is 11.8. The topological polar surface area (TPSA) is 26.3 Å². The van der Waals surface area contributed by atoms with Gasteiger partial charge in [-0.1, -0.05) is 61.0 Å². The summed E-state index contributed by atoms with van der Waals surface area (Å²) in [5.74, 6) is 0.503. The minimum atomic E-state index is -1.88. The van der Waals surface area contributed by atoms with Crippen molar-refractivity contribution in [2.24, 2.45) is 11.3 Å². The molecule has 1 atom stereocenters. The van der Waals surface area contributed by atoms with Crippen LogP contribution in [0.15, 0.2) is 11.1 Å². The maximum absolute atomic E-state index is 11.8. The van der Waals surface area contributed by atoms with Crippen molar-refractivity contribution < 1.29 is 9.22 Å². The lowest BCUT2D eigenvalue weighted by Crippen LogP contribution is -2.48. The maximum atomic E-state index is 11.8. The lowest BCUT2D eigenvalue weighted by Gasteiger charge is -2.43. The first-order valence-electron chi connectivity index (χ1n) is 9.35. The van der Waals surface area contributed by atoms with E-state index in [0.717, 1.165) is 19.1 Å². The maximum Gasteiger partial charge on any atom is 0.200 e. The Balaban J connectivity index is 3.17. The molecule has 23 heavy (non-hydrogen) atoms. The van der Waals surface area contributed by atoms with Gasteiger partial charge in [0.2, 0.25) is 8.32 Å². The Kier molecular flexibility index (Phi) is 6.86. The van der Waals surface area contributed by atoms with Crippen molar-refractivity contribution in [3.8, 4) is 0 Å². The van der Waals surface area contributed by atoms with Crippen LogP contribution in [0.4, 0.5) is 0 Å². The second-order valence-corrected chi connectivity index (χ2v) is 14.3. The summed E-state index contributed by atoms with van der Waals surface area (Å²) in [5, 5.41) is 0. The Morgan fingerprint density at radius 3 is 1.87 bits per heavy atom. The second kappa shape index (κ2) is 7.65. The molecule has 0 spiro atoms. The zero-order chi connectivity index (χ0) is 18.0. The first-order valence-corrected chi connectivity index (χ1v) is 11.5. The van der Waals surface area contributed by atoms with E-state index in [0.29, 0.717) is 29.1 Å². The van der Waals surface area contributed by atoms with Crippen molar-refractivity contribution in [2.45, 2.75) is 91.8 Å². The molecular formula is C20H38O2Si. The molecule has 0 aromatic rings. The highest BCUT2D eigenvalue weighted by Crippen LogP contribution is 2.47. The van der Waals surface area contributed by atoms with Crippen LogP contribution >= 0.6 is 0 Å². The molecule has 0 saturated heterocycles. The fourth-order valence-electron chi connectivity index (χ4n) is 4.78. The van der Waals surface area contributed by atoms with Gasteiger partial charge in [-0.3, -0.25) is 0 Å².